The molecule has 3 aliphatic rings. The molecule has 2 aromatic rings. The fourth-order valence-corrected chi connectivity index (χ4v) is 5.83. The highest BCUT2D eigenvalue weighted by Crippen LogP contribution is 2.44. The fraction of sp³-hybridized carbons (Fsp3) is 0.444. The lowest BCUT2D eigenvalue weighted by Crippen LogP contribution is -2.37. The highest BCUT2D eigenvalue weighted by atomic mass is 16.5. The van der Waals surface area contributed by atoms with Crippen LogP contribution in [-0.2, 0) is 19.1 Å². The van der Waals surface area contributed by atoms with E-state index in [9.17, 15) is 19.5 Å². The van der Waals surface area contributed by atoms with Gasteiger partial charge in [-0.05, 0) is 41.5 Å². The number of likely N-dealkylation sites (tertiary alicyclic amines) is 1. The molecule has 2 N–H and O–H groups in total. The van der Waals surface area contributed by atoms with Crippen molar-refractivity contribution in [1.29, 1.82) is 0 Å². The molecule has 184 valence electrons. The van der Waals surface area contributed by atoms with E-state index < -0.39 is 24.1 Å². The first kappa shape index (κ1) is 23.4. The predicted octanol–water partition coefficient (Wildman–Crippen LogP) is 3.25. The van der Waals surface area contributed by atoms with Gasteiger partial charge in [-0.3, -0.25) is 9.59 Å². The van der Waals surface area contributed by atoms with E-state index in [1.807, 2.05) is 24.3 Å². The first-order valence-electron chi connectivity index (χ1n) is 12.1. The van der Waals surface area contributed by atoms with E-state index in [0.717, 1.165) is 11.1 Å². The number of nitrogens with zero attached hydrogens (tertiary/aromatic N) is 1. The van der Waals surface area contributed by atoms with Gasteiger partial charge in [0.15, 0.2) is 0 Å². The third-order valence-electron chi connectivity index (χ3n) is 7.65. The number of carboxylic acids is 1. The van der Waals surface area contributed by atoms with Crippen LogP contribution in [0.4, 0.5) is 4.79 Å². The molecule has 0 aromatic heterocycles. The van der Waals surface area contributed by atoms with Gasteiger partial charge in [0.05, 0.1) is 6.10 Å². The molecule has 1 heterocycles. The summed E-state index contributed by atoms with van der Waals surface area (Å²) in [4.78, 5) is 38.6. The van der Waals surface area contributed by atoms with Gasteiger partial charge in [-0.2, -0.15) is 0 Å². The Morgan fingerprint density at radius 1 is 1.00 bits per heavy atom. The first-order chi connectivity index (χ1) is 17.0. The molecule has 4 atom stereocenters. The third kappa shape index (κ3) is 4.50. The minimum absolute atomic E-state index is 0.00266. The number of carboxylic acid groups (broad SMARTS) is 1. The monoisotopic (exact) mass is 478 g/mol. The molecule has 1 saturated carbocycles. The first-order valence-corrected chi connectivity index (χ1v) is 12.1. The Morgan fingerprint density at radius 2 is 1.66 bits per heavy atom. The highest BCUT2D eigenvalue weighted by molar-refractivity contribution is 5.82. The molecule has 0 radical (unpaired) electrons. The summed E-state index contributed by atoms with van der Waals surface area (Å²) in [6.45, 7) is 0.693. The fourth-order valence-electron chi connectivity index (χ4n) is 5.83. The number of alkyl carbamates (subject to hydrolysis) is 1. The van der Waals surface area contributed by atoms with Gasteiger partial charge < -0.3 is 24.8 Å². The van der Waals surface area contributed by atoms with Crippen molar-refractivity contribution in [1.82, 2.24) is 10.2 Å². The van der Waals surface area contributed by atoms with Crippen molar-refractivity contribution in [3.63, 3.8) is 0 Å². The average molecular weight is 479 g/mol. The number of rotatable bonds is 6. The van der Waals surface area contributed by atoms with Gasteiger partial charge in [0.2, 0.25) is 5.91 Å². The van der Waals surface area contributed by atoms with Crippen LogP contribution in [0.1, 0.15) is 36.3 Å². The zero-order valence-corrected chi connectivity index (χ0v) is 19.7. The summed E-state index contributed by atoms with van der Waals surface area (Å²) in [5, 5.41) is 12.3. The molecule has 35 heavy (non-hydrogen) atoms. The smallest absolute Gasteiger partial charge is 0.407 e. The highest BCUT2D eigenvalue weighted by Gasteiger charge is 2.43. The van der Waals surface area contributed by atoms with E-state index in [1.54, 1.807) is 4.90 Å². The number of nitrogens with one attached hydrogen (secondary N) is 1. The number of carbonyl (C=O) groups is 3. The maximum atomic E-state index is 13.0. The second kappa shape index (κ2) is 9.70. The van der Waals surface area contributed by atoms with E-state index in [-0.39, 0.29) is 43.5 Å². The van der Waals surface area contributed by atoms with Crippen LogP contribution in [0.5, 0.6) is 0 Å². The molecule has 0 spiro atoms. The topological polar surface area (TPSA) is 105 Å². The summed E-state index contributed by atoms with van der Waals surface area (Å²) in [6, 6.07) is 16.2. The predicted molar refractivity (Wildman–Crippen MR) is 128 cm³/mol. The van der Waals surface area contributed by atoms with E-state index >= 15 is 0 Å². The summed E-state index contributed by atoms with van der Waals surface area (Å²) < 4.78 is 10.9. The second-order valence-electron chi connectivity index (χ2n) is 9.64. The average Bonchev–Trinajstić information content (AvgIpc) is 3.58. The Bertz CT molecular complexity index is 1090. The normalized spacial score (nSPS) is 25.2. The lowest BCUT2D eigenvalue weighted by Gasteiger charge is -2.20. The number of hydrogen-bond donors (Lipinski definition) is 2. The Kier molecular flexibility index (Phi) is 6.47. The van der Waals surface area contributed by atoms with Gasteiger partial charge in [0, 0.05) is 38.1 Å². The van der Waals surface area contributed by atoms with Crippen LogP contribution in [0.15, 0.2) is 48.5 Å². The van der Waals surface area contributed by atoms with Gasteiger partial charge in [0.25, 0.3) is 0 Å². The van der Waals surface area contributed by atoms with Crippen LogP contribution in [0.25, 0.3) is 11.1 Å². The van der Waals surface area contributed by atoms with Crippen molar-refractivity contribution in [2.45, 2.75) is 37.3 Å². The molecular weight excluding hydrogens is 448 g/mol. The number of aliphatic carboxylic acids is 1. The minimum atomic E-state index is -0.951. The number of methoxy groups -OCH3 is 1. The second-order valence-corrected chi connectivity index (χ2v) is 9.64. The lowest BCUT2D eigenvalue weighted by atomic mass is 9.98. The Morgan fingerprint density at radius 3 is 2.26 bits per heavy atom. The third-order valence-corrected chi connectivity index (χ3v) is 7.65. The van der Waals surface area contributed by atoms with Crippen molar-refractivity contribution in [2.24, 2.45) is 11.8 Å². The maximum absolute atomic E-state index is 13.0. The summed E-state index contributed by atoms with van der Waals surface area (Å²) in [7, 11) is 1.47. The van der Waals surface area contributed by atoms with Gasteiger partial charge in [-0.1, -0.05) is 48.5 Å². The number of fused-ring (bicyclic) bond motifs is 3. The number of amides is 2. The Hall–Kier alpha value is -3.39. The maximum Gasteiger partial charge on any atom is 0.407 e. The van der Waals surface area contributed by atoms with Gasteiger partial charge in [0.1, 0.15) is 12.5 Å². The zero-order valence-electron chi connectivity index (χ0n) is 19.7. The summed E-state index contributed by atoms with van der Waals surface area (Å²) in [5.41, 5.74) is 4.68. The van der Waals surface area contributed by atoms with Crippen LogP contribution in [-0.4, -0.2) is 66.9 Å². The van der Waals surface area contributed by atoms with Crippen molar-refractivity contribution < 1.29 is 29.0 Å². The molecular formula is C27H30N2O6. The molecule has 2 aliphatic carbocycles. The van der Waals surface area contributed by atoms with E-state index in [2.05, 4.69) is 29.6 Å². The van der Waals surface area contributed by atoms with Crippen LogP contribution in [0.3, 0.4) is 0 Å². The largest absolute Gasteiger partial charge is 0.481 e. The van der Waals surface area contributed by atoms with Crippen LogP contribution in [0.2, 0.25) is 0 Å². The molecule has 0 bridgehead atoms. The lowest BCUT2D eigenvalue weighted by molar-refractivity contribution is -0.144. The van der Waals surface area contributed by atoms with Crippen molar-refractivity contribution in [2.75, 3.05) is 26.8 Å². The molecule has 1 saturated heterocycles. The summed E-state index contributed by atoms with van der Waals surface area (Å²) >= 11 is 0. The Labute approximate surface area is 204 Å². The standard InChI is InChI=1S/C27H30N2O6/c1-34-24-14-29(13-22(24)26(31)32)25(30)16-10-11-17(12-16)28-27(33)35-15-23-20-8-4-2-6-18(20)19-7-3-5-9-21(19)23/h2-9,16-17,22-24H,10-15H2,1H3,(H,28,33)(H,31,32)/t16-,17+,22?,24?/m1/s1. The number of hydrogen-bond acceptors (Lipinski definition) is 5. The van der Waals surface area contributed by atoms with E-state index in [1.165, 1.54) is 18.2 Å². The van der Waals surface area contributed by atoms with Gasteiger partial charge in [-0.25, -0.2) is 4.79 Å². The quantitative estimate of drug-likeness (QED) is 0.660. The van der Waals surface area contributed by atoms with E-state index in [4.69, 9.17) is 9.47 Å². The van der Waals surface area contributed by atoms with Crippen LogP contribution >= 0.6 is 0 Å². The number of benzene rings is 2. The number of ether oxygens (including phenoxy) is 2. The zero-order chi connectivity index (χ0) is 24.5. The minimum Gasteiger partial charge on any atom is -0.481 e. The van der Waals surface area contributed by atoms with Crippen LogP contribution < -0.4 is 5.32 Å². The van der Waals surface area contributed by atoms with Crippen molar-refractivity contribution in [3.8, 4) is 11.1 Å². The van der Waals surface area contributed by atoms with Crippen LogP contribution in [0, 0.1) is 11.8 Å². The van der Waals surface area contributed by atoms with E-state index in [0.29, 0.717) is 19.3 Å². The van der Waals surface area contributed by atoms with Gasteiger partial charge in [-0.15, -0.1) is 0 Å². The molecule has 8 heteroatoms. The SMILES string of the molecule is COC1CN(C(=O)[C@@H]2CC[C@H](NC(=O)OCC3c4ccccc4-c4ccccc43)C2)CC1C(=O)O. The van der Waals surface area contributed by atoms with Crippen molar-refractivity contribution in [3.05, 3.63) is 59.7 Å². The van der Waals surface area contributed by atoms with Crippen molar-refractivity contribution >= 4 is 18.0 Å². The number of carbonyl (C=O) groups excluding carboxylic acids is 2. The molecule has 2 amide bonds. The summed E-state index contributed by atoms with van der Waals surface area (Å²) in [6.07, 6.45) is 0.891. The molecule has 2 unspecified atom stereocenters. The molecule has 2 aromatic carbocycles. The Balaban J connectivity index is 1.14. The summed E-state index contributed by atoms with van der Waals surface area (Å²) in [5.74, 6) is -1.96. The van der Waals surface area contributed by atoms with Gasteiger partial charge >= 0.3 is 12.1 Å². The molecule has 5 rings (SSSR count). The molecule has 8 nitrogen and oxygen atoms in total. The molecule has 1 aliphatic heterocycles. The molecule has 2 fully saturated rings.